The summed E-state index contributed by atoms with van der Waals surface area (Å²) in [5.74, 6) is 0.687. The van der Waals surface area contributed by atoms with Crippen LogP contribution in [-0.2, 0) is 12.0 Å². The smallest absolute Gasteiger partial charge is 0.254 e. The maximum Gasteiger partial charge on any atom is 0.254 e. The van der Waals surface area contributed by atoms with Crippen molar-refractivity contribution in [2.45, 2.75) is 59.0 Å². The quantitative estimate of drug-likeness (QED) is 0.495. The molecule has 0 fully saturated rings. The predicted molar refractivity (Wildman–Crippen MR) is 131 cm³/mol. The number of hydrogen-bond acceptors (Lipinski definition) is 5. The Balaban J connectivity index is 1.76. The van der Waals surface area contributed by atoms with Crippen molar-refractivity contribution >= 4 is 16.6 Å². The van der Waals surface area contributed by atoms with Crippen LogP contribution in [0.15, 0.2) is 47.3 Å². The molecule has 0 spiro atoms. The molecule has 2 aromatic carbocycles. The fourth-order valence-electron chi connectivity index (χ4n) is 4.72. The molecular formula is C26H30N6O. The number of aromatic amines is 1. The van der Waals surface area contributed by atoms with E-state index in [0.717, 1.165) is 41.5 Å². The summed E-state index contributed by atoms with van der Waals surface area (Å²) in [6.07, 6.45) is 1.79. The summed E-state index contributed by atoms with van der Waals surface area (Å²) < 4.78 is 1.89. The zero-order valence-corrected chi connectivity index (χ0v) is 19.9. The summed E-state index contributed by atoms with van der Waals surface area (Å²) in [7, 11) is 0. The first kappa shape index (κ1) is 21.4. The first-order valence-corrected chi connectivity index (χ1v) is 11.6. The van der Waals surface area contributed by atoms with Crippen LogP contribution in [0.2, 0.25) is 0 Å². The first-order valence-electron chi connectivity index (χ1n) is 11.6. The molecule has 5 rings (SSSR count). The number of para-hydroxylation sites is 1. The number of rotatable bonds is 5. The molecule has 1 aliphatic rings. The van der Waals surface area contributed by atoms with E-state index in [0.29, 0.717) is 11.4 Å². The maximum absolute atomic E-state index is 13.5. The van der Waals surface area contributed by atoms with Crippen LogP contribution in [0.1, 0.15) is 61.3 Å². The zero-order chi connectivity index (χ0) is 23.3. The summed E-state index contributed by atoms with van der Waals surface area (Å²) in [6.45, 7) is 11.3. The Morgan fingerprint density at radius 2 is 1.88 bits per heavy atom. The zero-order valence-electron chi connectivity index (χ0n) is 19.9. The van der Waals surface area contributed by atoms with Gasteiger partial charge in [-0.05, 0) is 97.3 Å². The Morgan fingerprint density at radius 3 is 2.67 bits per heavy atom. The number of tetrazole rings is 1. The van der Waals surface area contributed by atoms with Crippen molar-refractivity contribution in [2.24, 2.45) is 0 Å². The van der Waals surface area contributed by atoms with Gasteiger partial charge in [0.15, 0.2) is 5.82 Å². The molecule has 0 aliphatic carbocycles. The van der Waals surface area contributed by atoms with E-state index in [1.165, 1.54) is 11.1 Å². The molecule has 1 aliphatic heterocycles. The third-order valence-electron chi connectivity index (χ3n) is 7.19. The molecule has 0 saturated carbocycles. The summed E-state index contributed by atoms with van der Waals surface area (Å²) >= 11 is 0. The van der Waals surface area contributed by atoms with Gasteiger partial charge in [0, 0.05) is 23.3 Å². The van der Waals surface area contributed by atoms with Gasteiger partial charge in [0.05, 0.1) is 5.54 Å². The fraction of sp³-hybridized carbons (Fsp3) is 0.385. The lowest BCUT2D eigenvalue weighted by Gasteiger charge is -2.32. The minimum Gasteiger partial charge on any atom is -0.357 e. The normalized spacial score (nSPS) is 14.6. The Labute approximate surface area is 193 Å². The number of benzene rings is 2. The van der Waals surface area contributed by atoms with Gasteiger partial charge in [0.25, 0.3) is 5.56 Å². The standard InChI is InChI=1S/C26H30N6O/c1-6-26(4,5)32-24(28-29-30-32)23(31-12-11-18-9-7-8-10-22(18)31)20-15-19-13-16(2)17(3)14-21(19)27-25(20)33/h7-10,13-15,23H,6,11-12H2,1-5H3,(H,27,33). The summed E-state index contributed by atoms with van der Waals surface area (Å²) in [5.41, 5.74) is 5.87. The lowest BCUT2D eigenvalue weighted by atomic mass is 9.98. The van der Waals surface area contributed by atoms with E-state index in [-0.39, 0.29) is 11.1 Å². The fourth-order valence-corrected chi connectivity index (χ4v) is 4.72. The third kappa shape index (κ3) is 3.52. The minimum atomic E-state index is -0.399. The van der Waals surface area contributed by atoms with Crippen LogP contribution in [0.4, 0.5) is 5.69 Å². The van der Waals surface area contributed by atoms with Crippen LogP contribution in [-0.4, -0.2) is 31.7 Å². The van der Waals surface area contributed by atoms with Gasteiger partial charge in [-0.2, -0.15) is 0 Å². The summed E-state index contributed by atoms with van der Waals surface area (Å²) in [6, 6.07) is 14.2. The Morgan fingerprint density at radius 1 is 1.12 bits per heavy atom. The van der Waals surface area contributed by atoms with E-state index >= 15 is 0 Å². The minimum absolute atomic E-state index is 0.107. The SMILES string of the molecule is CCC(C)(C)n1nnnc1C(c1cc2cc(C)c(C)cc2[nH]c1=O)N1CCc2ccccc21. The molecule has 3 heterocycles. The topological polar surface area (TPSA) is 79.7 Å². The highest BCUT2D eigenvalue weighted by Gasteiger charge is 2.36. The van der Waals surface area contributed by atoms with Gasteiger partial charge in [-0.15, -0.1) is 5.10 Å². The molecule has 170 valence electrons. The molecular weight excluding hydrogens is 412 g/mol. The Hall–Kier alpha value is -3.48. The molecule has 7 nitrogen and oxygen atoms in total. The van der Waals surface area contributed by atoms with Crippen molar-refractivity contribution in [3.63, 3.8) is 0 Å². The molecule has 4 aromatic rings. The second-order valence-electron chi connectivity index (χ2n) is 9.67. The molecule has 1 atom stereocenters. The Bertz CT molecular complexity index is 1400. The van der Waals surface area contributed by atoms with Crippen LogP contribution < -0.4 is 10.5 Å². The van der Waals surface area contributed by atoms with Crippen molar-refractivity contribution in [3.8, 4) is 0 Å². The van der Waals surface area contributed by atoms with E-state index in [4.69, 9.17) is 0 Å². The Kier molecular flexibility index (Phi) is 5.07. The number of aryl methyl sites for hydroxylation is 2. The number of hydrogen-bond donors (Lipinski definition) is 1. The molecule has 1 N–H and O–H groups in total. The summed E-state index contributed by atoms with van der Waals surface area (Å²) in [4.78, 5) is 18.9. The van der Waals surface area contributed by atoms with Crippen LogP contribution in [0.25, 0.3) is 10.9 Å². The van der Waals surface area contributed by atoms with Crippen molar-refractivity contribution in [1.82, 2.24) is 25.2 Å². The number of nitrogens with one attached hydrogen (secondary N) is 1. The van der Waals surface area contributed by atoms with Crippen molar-refractivity contribution < 1.29 is 0 Å². The van der Waals surface area contributed by atoms with Gasteiger partial charge in [-0.1, -0.05) is 25.1 Å². The van der Waals surface area contributed by atoms with Gasteiger partial charge >= 0.3 is 0 Å². The largest absolute Gasteiger partial charge is 0.357 e. The predicted octanol–water partition coefficient (Wildman–Crippen LogP) is 4.43. The van der Waals surface area contributed by atoms with Gasteiger partial charge in [0.1, 0.15) is 6.04 Å². The highest BCUT2D eigenvalue weighted by atomic mass is 16.1. The van der Waals surface area contributed by atoms with E-state index in [2.05, 4.69) is 84.3 Å². The van der Waals surface area contributed by atoms with Crippen molar-refractivity contribution in [1.29, 1.82) is 0 Å². The molecule has 1 unspecified atom stereocenters. The van der Waals surface area contributed by atoms with Crippen molar-refractivity contribution in [3.05, 3.63) is 80.9 Å². The molecule has 0 saturated heterocycles. The van der Waals surface area contributed by atoms with E-state index in [1.807, 2.05) is 22.9 Å². The number of pyridine rings is 1. The van der Waals surface area contributed by atoms with Gasteiger partial charge in [-0.25, -0.2) is 4.68 Å². The maximum atomic E-state index is 13.5. The molecule has 0 amide bonds. The van der Waals surface area contributed by atoms with Crippen LogP contribution in [0, 0.1) is 13.8 Å². The molecule has 0 radical (unpaired) electrons. The van der Waals surface area contributed by atoms with Gasteiger partial charge in [-0.3, -0.25) is 4.79 Å². The van der Waals surface area contributed by atoms with E-state index < -0.39 is 6.04 Å². The second-order valence-corrected chi connectivity index (χ2v) is 9.67. The molecule has 33 heavy (non-hydrogen) atoms. The average molecular weight is 443 g/mol. The highest BCUT2D eigenvalue weighted by Crippen LogP contribution is 2.38. The lowest BCUT2D eigenvalue weighted by Crippen LogP contribution is -2.37. The van der Waals surface area contributed by atoms with Crippen molar-refractivity contribution in [2.75, 3.05) is 11.4 Å². The molecule has 2 aromatic heterocycles. The van der Waals surface area contributed by atoms with E-state index in [9.17, 15) is 4.79 Å². The van der Waals surface area contributed by atoms with Crippen LogP contribution >= 0.6 is 0 Å². The van der Waals surface area contributed by atoms with Gasteiger partial charge < -0.3 is 9.88 Å². The summed E-state index contributed by atoms with van der Waals surface area (Å²) in [5, 5.41) is 13.9. The molecule has 7 heteroatoms. The number of anilines is 1. The molecule has 0 bridgehead atoms. The second kappa shape index (κ2) is 7.83. The number of aromatic nitrogens is 5. The van der Waals surface area contributed by atoms with Gasteiger partial charge in [0.2, 0.25) is 0 Å². The third-order valence-corrected chi connectivity index (χ3v) is 7.19. The van der Waals surface area contributed by atoms with E-state index in [1.54, 1.807) is 0 Å². The monoisotopic (exact) mass is 442 g/mol. The average Bonchev–Trinajstić information content (AvgIpc) is 3.44. The number of H-pyrrole nitrogens is 1. The number of nitrogens with zero attached hydrogens (tertiary/aromatic N) is 5. The lowest BCUT2D eigenvalue weighted by molar-refractivity contribution is 0.287. The highest BCUT2D eigenvalue weighted by molar-refractivity contribution is 5.81. The number of fused-ring (bicyclic) bond motifs is 2. The van der Waals surface area contributed by atoms with Crippen LogP contribution in [0.5, 0.6) is 0 Å². The van der Waals surface area contributed by atoms with Crippen LogP contribution in [0.3, 0.4) is 0 Å². The first-order chi connectivity index (χ1) is 15.8.